The molecule has 3 rings (SSSR count). The van der Waals surface area contributed by atoms with Crippen LogP contribution in [0.2, 0.25) is 0 Å². The highest BCUT2D eigenvalue weighted by atomic mass is 16.5. The van der Waals surface area contributed by atoms with E-state index in [-0.39, 0.29) is 12.6 Å². The van der Waals surface area contributed by atoms with Crippen molar-refractivity contribution in [1.29, 1.82) is 0 Å². The molecule has 156 valence electrons. The van der Waals surface area contributed by atoms with Gasteiger partial charge in [-0.1, -0.05) is 18.2 Å². The summed E-state index contributed by atoms with van der Waals surface area (Å²) < 4.78 is 22.2. The van der Waals surface area contributed by atoms with Crippen molar-refractivity contribution >= 4 is 5.97 Å². The highest BCUT2D eigenvalue weighted by Crippen LogP contribution is 2.45. The minimum absolute atomic E-state index is 0.154. The average Bonchev–Trinajstić information content (AvgIpc) is 2.75. The molecule has 0 N–H and O–H groups in total. The number of methoxy groups -OCH3 is 3. The van der Waals surface area contributed by atoms with E-state index in [0.717, 1.165) is 24.0 Å². The number of hydrogen-bond acceptors (Lipinski definition) is 5. The van der Waals surface area contributed by atoms with Gasteiger partial charge in [0.25, 0.3) is 0 Å². The molecule has 0 aromatic heterocycles. The summed E-state index contributed by atoms with van der Waals surface area (Å²) in [7, 11) is 4.57. The van der Waals surface area contributed by atoms with Crippen molar-refractivity contribution in [2.45, 2.75) is 39.5 Å². The molecule has 0 bridgehead atoms. The summed E-state index contributed by atoms with van der Waals surface area (Å²) in [5, 5.41) is 0. The van der Waals surface area contributed by atoms with E-state index in [2.05, 4.69) is 18.2 Å². The number of rotatable bonds is 7. The lowest BCUT2D eigenvalue weighted by Crippen LogP contribution is -2.32. The molecule has 5 nitrogen and oxygen atoms in total. The Kier molecular flexibility index (Phi) is 6.36. The van der Waals surface area contributed by atoms with Crippen LogP contribution in [0.15, 0.2) is 30.3 Å². The number of fused-ring (bicyclic) bond motifs is 1. The third-order valence-electron chi connectivity index (χ3n) is 5.47. The van der Waals surface area contributed by atoms with Gasteiger partial charge < -0.3 is 18.9 Å². The smallest absolute Gasteiger partial charge is 0.314 e. The Labute approximate surface area is 172 Å². The van der Waals surface area contributed by atoms with E-state index in [1.165, 1.54) is 31.1 Å². The van der Waals surface area contributed by atoms with Gasteiger partial charge in [-0.2, -0.15) is 0 Å². The van der Waals surface area contributed by atoms with Gasteiger partial charge in [0.15, 0.2) is 11.5 Å². The summed E-state index contributed by atoms with van der Waals surface area (Å²) in [6.07, 6.45) is 4.71. The number of aryl methyl sites for hydroxylation is 2. The monoisotopic (exact) mass is 398 g/mol. The molecule has 0 fully saturated rings. The summed E-state index contributed by atoms with van der Waals surface area (Å²) in [6.45, 7) is 3.75. The molecule has 0 amide bonds. The maximum atomic E-state index is 12.1. The number of carbonyl (C=O) groups excluding carboxylic acids is 1. The van der Waals surface area contributed by atoms with E-state index in [4.69, 9.17) is 18.9 Å². The Hall–Kier alpha value is -2.69. The first-order chi connectivity index (χ1) is 13.9. The molecule has 0 heterocycles. The van der Waals surface area contributed by atoms with Crippen LogP contribution in [-0.4, -0.2) is 33.9 Å². The summed E-state index contributed by atoms with van der Waals surface area (Å²) in [5.74, 6) is 1.35. The standard InChI is InChI=1S/C24H30O5/c1-24(2,23(25)28-5)15-29-21-19(12-13-20(26-3)22(21)27-4)18-11-10-16-8-6-7-9-17(16)14-18/h10-14H,6-9,15H2,1-5H3. The van der Waals surface area contributed by atoms with Crippen LogP contribution in [0, 0.1) is 5.41 Å². The molecule has 2 aromatic carbocycles. The third kappa shape index (κ3) is 4.34. The third-order valence-corrected chi connectivity index (χ3v) is 5.47. The first-order valence-electron chi connectivity index (χ1n) is 9.99. The maximum absolute atomic E-state index is 12.1. The number of ether oxygens (including phenoxy) is 4. The maximum Gasteiger partial charge on any atom is 0.314 e. The van der Waals surface area contributed by atoms with Gasteiger partial charge in [0.1, 0.15) is 6.61 Å². The van der Waals surface area contributed by atoms with Crippen LogP contribution in [0.4, 0.5) is 0 Å². The van der Waals surface area contributed by atoms with E-state index < -0.39 is 5.41 Å². The van der Waals surface area contributed by atoms with E-state index in [0.29, 0.717) is 17.2 Å². The molecule has 0 atom stereocenters. The lowest BCUT2D eigenvalue weighted by Gasteiger charge is -2.25. The SMILES string of the molecule is COC(=O)C(C)(C)COc1c(-c2ccc3c(c2)CCCC3)ccc(OC)c1OC. The Morgan fingerprint density at radius 3 is 2.31 bits per heavy atom. The zero-order valence-corrected chi connectivity index (χ0v) is 18.0. The molecule has 0 unspecified atom stereocenters. The van der Waals surface area contributed by atoms with Crippen LogP contribution < -0.4 is 14.2 Å². The van der Waals surface area contributed by atoms with Gasteiger partial charge in [-0.15, -0.1) is 0 Å². The second kappa shape index (κ2) is 8.76. The number of carbonyl (C=O) groups is 1. The fourth-order valence-electron chi connectivity index (χ4n) is 3.76. The summed E-state index contributed by atoms with van der Waals surface area (Å²) in [5.41, 5.74) is 4.00. The molecule has 0 saturated carbocycles. The van der Waals surface area contributed by atoms with E-state index in [9.17, 15) is 4.79 Å². The van der Waals surface area contributed by atoms with Crippen LogP contribution in [0.5, 0.6) is 17.2 Å². The van der Waals surface area contributed by atoms with Crippen molar-refractivity contribution < 1.29 is 23.7 Å². The highest BCUT2D eigenvalue weighted by molar-refractivity contribution is 5.78. The van der Waals surface area contributed by atoms with Crippen molar-refractivity contribution in [3.8, 4) is 28.4 Å². The first kappa shape index (κ1) is 21.0. The molecule has 29 heavy (non-hydrogen) atoms. The predicted molar refractivity (Wildman–Crippen MR) is 113 cm³/mol. The number of esters is 1. The quantitative estimate of drug-likeness (QED) is 0.626. The first-order valence-corrected chi connectivity index (χ1v) is 9.99. The van der Waals surface area contributed by atoms with Crippen molar-refractivity contribution in [1.82, 2.24) is 0 Å². The number of benzene rings is 2. The van der Waals surface area contributed by atoms with Gasteiger partial charge >= 0.3 is 5.97 Å². The summed E-state index contributed by atoms with van der Waals surface area (Å²) >= 11 is 0. The van der Waals surface area contributed by atoms with Crippen LogP contribution >= 0.6 is 0 Å². The van der Waals surface area contributed by atoms with Crippen LogP contribution in [0.1, 0.15) is 37.8 Å². The molecule has 0 aliphatic heterocycles. The summed E-state index contributed by atoms with van der Waals surface area (Å²) in [6, 6.07) is 10.4. The van der Waals surface area contributed by atoms with Crippen LogP contribution in [-0.2, 0) is 22.4 Å². The van der Waals surface area contributed by atoms with Crippen molar-refractivity contribution in [3.63, 3.8) is 0 Å². The predicted octanol–water partition coefficient (Wildman–Crippen LogP) is 4.83. The molecule has 0 saturated heterocycles. The Balaban J connectivity index is 2.04. The molecule has 2 aromatic rings. The van der Waals surface area contributed by atoms with Gasteiger partial charge in [0.2, 0.25) is 5.75 Å². The lowest BCUT2D eigenvalue weighted by molar-refractivity contribution is -0.152. The minimum Gasteiger partial charge on any atom is -0.493 e. The normalized spacial score (nSPS) is 13.4. The van der Waals surface area contributed by atoms with Gasteiger partial charge in [0, 0.05) is 5.56 Å². The van der Waals surface area contributed by atoms with Gasteiger partial charge in [-0.05, 0) is 68.4 Å². The molecule has 5 heteroatoms. The van der Waals surface area contributed by atoms with Gasteiger partial charge in [0.05, 0.1) is 26.7 Å². The fourth-order valence-corrected chi connectivity index (χ4v) is 3.76. The Morgan fingerprint density at radius 2 is 1.66 bits per heavy atom. The second-order valence-electron chi connectivity index (χ2n) is 8.03. The second-order valence-corrected chi connectivity index (χ2v) is 8.03. The average molecular weight is 398 g/mol. The lowest BCUT2D eigenvalue weighted by atomic mass is 9.89. The molecular formula is C24H30O5. The number of hydrogen-bond donors (Lipinski definition) is 0. The fraction of sp³-hybridized carbons (Fsp3) is 0.458. The highest BCUT2D eigenvalue weighted by Gasteiger charge is 2.31. The zero-order chi connectivity index (χ0) is 21.0. The molecule has 0 spiro atoms. The molecular weight excluding hydrogens is 368 g/mol. The molecule has 0 radical (unpaired) electrons. The minimum atomic E-state index is -0.796. The molecule has 1 aliphatic rings. The van der Waals surface area contributed by atoms with Crippen LogP contribution in [0.25, 0.3) is 11.1 Å². The largest absolute Gasteiger partial charge is 0.493 e. The van der Waals surface area contributed by atoms with Crippen molar-refractivity contribution in [2.75, 3.05) is 27.9 Å². The molecule has 1 aliphatic carbocycles. The van der Waals surface area contributed by atoms with Gasteiger partial charge in [-0.3, -0.25) is 4.79 Å². The van der Waals surface area contributed by atoms with Crippen molar-refractivity contribution in [3.05, 3.63) is 41.5 Å². The topological polar surface area (TPSA) is 54.0 Å². The van der Waals surface area contributed by atoms with Gasteiger partial charge in [-0.25, -0.2) is 0 Å². The Morgan fingerprint density at radius 1 is 0.931 bits per heavy atom. The van der Waals surface area contributed by atoms with E-state index in [1.54, 1.807) is 28.1 Å². The van der Waals surface area contributed by atoms with Crippen LogP contribution in [0.3, 0.4) is 0 Å². The van der Waals surface area contributed by atoms with E-state index in [1.807, 2.05) is 12.1 Å². The van der Waals surface area contributed by atoms with Crippen molar-refractivity contribution in [2.24, 2.45) is 5.41 Å². The summed E-state index contributed by atoms with van der Waals surface area (Å²) in [4.78, 5) is 12.1. The Bertz CT molecular complexity index is 885. The van der Waals surface area contributed by atoms with E-state index >= 15 is 0 Å². The zero-order valence-electron chi connectivity index (χ0n) is 18.0.